The smallest absolute Gasteiger partial charge is 0.369 e. The monoisotopic (exact) mass is 310 g/mol. The van der Waals surface area contributed by atoms with Crippen molar-refractivity contribution in [3.8, 4) is 0 Å². The summed E-state index contributed by atoms with van der Waals surface area (Å²) in [7, 11) is 0. The molecule has 0 aliphatic carbocycles. The molecule has 0 aromatic heterocycles. The van der Waals surface area contributed by atoms with Crippen molar-refractivity contribution in [2.45, 2.75) is 6.18 Å². The number of benzene rings is 1. The number of alkyl halides is 3. The van der Waals surface area contributed by atoms with Gasteiger partial charge in [0.25, 0.3) is 0 Å². The van der Waals surface area contributed by atoms with Gasteiger partial charge in [-0.05, 0) is 18.2 Å². The van der Waals surface area contributed by atoms with Gasteiger partial charge in [0.2, 0.25) is 5.91 Å². The summed E-state index contributed by atoms with van der Waals surface area (Å²) in [5, 5.41) is 1.54. The maximum absolute atomic E-state index is 12.8. The van der Waals surface area contributed by atoms with E-state index >= 15 is 0 Å². The third kappa shape index (κ3) is 2.45. The van der Waals surface area contributed by atoms with Crippen LogP contribution in [-0.2, 0) is 11.0 Å². The summed E-state index contributed by atoms with van der Waals surface area (Å²) >= 11 is 0. The van der Waals surface area contributed by atoms with Gasteiger partial charge in [-0.1, -0.05) is 12.1 Å². The topological polar surface area (TPSA) is 70.7 Å². The molecular weight excluding hydrogens is 297 g/mol. The zero-order valence-corrected chi connectivity index (χ0v) is 11.4. The van der Waals surface area contributed by atoms with Crippen LogP contribution in [0.15, 0.2) is 35.3 Å². The molecule has 2 aliphatic heterocycles. The van der Waals surface area contributed by atoms with Gasteiger partial charge in [-0.25, -0.2) is 5.43 Å². The first kappa shape index (κ1) is 14.6. The van der Waals surface area contributed by atoms with E-state index in [2.05, 4.69) is 10.4 Å². The van der Waals surface area contributed by atoms with Gasteiger partial charge >= 0.3 is 6.18 Å². The van der Waals surface area contributed by atoms with Crippen molar-refractivity contribution in [3.63, 3.8) is 0 Å². The molecule has 1 amide bonds. The highest BCUT2D eigenvalue weighted by Gasteiger charge is 2.37. The van der Waals surface area contributed by atoms with E-state index in [0.29, 0.717) is 23.6 Å². The molecule has 1 atom stereocenters. The Hall–Kier alpha value is -2.35. The summed E-state index contributed by atoms with van der Waals surface area (Å²) in [6.45, 7) is 0.577. The number of nitrogens with zero attached hydrogens (tertiary/aromatic N) is 2. The number of nitrogens with one attached hydrogen (secondary N) is 1. The van der Waals surface area contributed by atoms with Crippen LogP contribution in [0.25, 0.3) is 5.70 Å². The van der Waals surface area contributed by atoms with E-state index in [0.717, 1.165) is 12.1 Å². The lowest BCUT2D eigenvalue weighted by Crippen LogP contribution is -2.37. The van der Waals surface area contributed by atoms with Gasteiger partial charge in [0.05, 0.1) is 17.8 Å². The first-order valence-corrected chi connectivity index (χ1v) is 6.63. The normalized spacial score (nSPS) is 21.2. The van der Waals surface area contributed by atoms with E-state index in [4.69, 9.17) is 5.73 Å². The first-order valence-electron chi connectivity index (χ1n) is 6.63. The molecule has 1 fully saturated rings. The van der Waals surface area contributed by atoms with Crippen LogP contribution in [0.3, 0.4) is 0 Å². The van der Waals surface area contributed by atoms with Crippen molar-refractivity contribution in [1.29, 1.82) is 0 Å². The molecule has 8 heteroatoms. The number of primary amides is 1. The van der Waals surface area contributed by atoms with Crippen LogP contribution in [0.4, 0.5) is 13.2 Å². The number of rotatable bonds is 2. The summed E-state index contributed by atoms with van der Waals surface area (Å²) in [5.74, 6) is -0.643. The van der Waals surface area contributed by atoms with E-state index in [9.17, 15) is 18.0 Å². The van der Waals surface area contributed by atoms with Gasteiger partial charge in [-0.2, -0.15) is 13.2 Å². The van der Waals surface area contributed by atoms with Crippen molar-refractivity contribution >= 4 is 17.4 Å². The second-order valence-electron chi connectivity index (χ2n) is 5.02. The van der Waals surface area contributed by atoms with Crippen molar-refractivity contribution < 1.29 is 18.0 Å². The number of amides is 1. The van der Waals surface area contributed by atoms with Gasteiger partial charge < -0.3 is 5.73 Å². The zero-order chi connectivity index (χ0) is 15.9. The van der Waals surface area contributed by atoms with E-state index in [1.54, 1.807) is 12.1 Å². The minimum Gasteiger partial charge on any atom is -0.369 e. The zero-order valence-electron chi connectivity index (χ0n) is 11.4. The predicted octanol–water partition coefficient (Wildman–Crippen LogP) is 1.38. The summed E-state index contributed by atoms with van der Waals surface area (Å²) in [6.07, 6.45) is -2.70. The number of hydrogen-bond donors (Lipinski definition) is 2. The lowest BCUT2D eigenvalue weighted by atomic mass is 10.0. The summed E-state index contributed by atoms with van der Waals surface area (Å²) in [5.41, 5.74) is 8.49. The molecule has 2 aliphatic rings. The summed E-state index contributed by atoms with van der Waals surface area (Å²) in [4.78, 5) is 15.6. The maximum atomic E-state index is 12.8. The molecule has 22 heavy (non-hydrogen) atoms. The summed E-state index contributed by atoms with van der Waals surface area (Å²) < 4.78 is 38.5. The van der Waals surface area contributed by atoms with E-state index in [1.165, 1.54) is 11.1 Å². The molecule has 1 unspecified atom stereocenters. The fourth-order valence-electron chi connectivity index (χ4n) is 2.55. The fourth-order valence-corrected chi connectivity index (χ4v) is 2.55. The molecule has 2 heterocycles. The SMILES string of the molecule is NC(=O)C1CNN2C(c3cccc(C(F)(F)F)c3)=CCN=C12. The first-order chi connectivity index (χ1) is 10.4. The molecule has 116 valence electrons. The number of fused-ring (bicyclic) bond motifs is 1. The van der Waals surface area contributed by atoms with Crippen LogP contribution in [-0.4, -0.2) is 29.8 Å². The minimum atomic E-state index is -4.41. The molecule has 3 rings (SSSR count). The Bertz CT molecular complexity index is 681. The molecule has 1 aromatic carbocycles. The highest BCUT2D eigenvalue weighted by Crippen LogP contribution is 2.33. The number of hydrogen-bond acceptors (Lipinski definition) is 4. The van der Waals surface area contributed by atoms with Crippen LogP contribution in [0, 0.1) is 5.92 Å². The molecule has 3 N–H and O–H groups in total. The third-order valence-electron chi connectivity index (χ3n) is 3.60. The Balaban J connectivity index is 1.94. The number of nitrogens with two attached hydrogens (primary N) is 1. The average molecular weight is 310 g/mol. The summed E-state index contributed by atoms with van der Waals surface area (Å²) in [6, 6.07) is 5.04. The van der Waals surface area contributed by atoms with Gasteiger partial charge in [-0.15, -0.1) is 0 Å². The van der Waals surface area contributed by atoms with Crippen molar-refractivity contribution in [3.05, 3.63) is 41.5 Å². The lowest BCUT2D eigenvalue weighted by Gasteiger charge is -2.26. The van der Waals surface area contributed by atoms with Gasteiger partial charge in [0.1, 0.15) is 11.8 Å². The largest absolute Gasteiger partial charge is 0.416 e. The van der Waals surface area contributed by atoms with Gasteiger partial charge in [-0.3, -0.25) is 14.8 Å². The number of hydrazine groups is 1. The van der Waals surface area contributed by atoms with Crippen molar-refractivity contribution in [2.24, 2.45) is 16.6 Å². The fraction of sp³-hybridized carbons (Fsp3) is 0.286. The molecule has 0 saturated carbocycles. The number of carbonyl (C=O) groups excluding carboxylic acids is 1. The molecule has 1 saturated heterocycles. The number of carbonyl (C=O) groups is 1. The number of halogens is 3. The molecular formula is C14H13F3N4O. The molecule has 0 spiro atoms. The van der Waals surface area contributed by atoms with Crippen LogP contribution in [0.1, 0.15) is 11.1 Å². The second-order valence-corrected chi connectivity index (χ2v) is 5.02. The molecule has 5 nitrogen and oxygen atoms in total. The Morgan fingerprint density at radius 3 is 2.86 bits per heavy atom. The lowest BCUT2D eigenvalue weighted by molar-refractivity contribution is -0.137. The highest BCUT2D eigenvalue weighted by molar-refractivity contribution is 6.07. The van der Waals surface area contributed by atoms with Crippen LogP contribution < -0.4 is 11.2 Å². The Labute approximate surface area is 124 Å². The Morgan fingerprint density at radius 2 is 2.18 bits per heavy atom. The van der Waals surface area contributed by atoms with Crippen LogP contribution in [0.5, 0.6) is 0 Å². The molecule has 1 aromatic rings. The average Bonchev–Trinajstić information content (AvgIpc) is 2.90. The van der Waals surface area contributed by atoms with Crippen LogP contribution in [0.2, 0.25) is 0 Å². The number of amidine groups is 1. The van der Waals surface area contributed by atoms with Crippen molar-refractivity contribution in [1.82, 2.24) is 10.4 Å². The van der Waals surface area contributed by atoms with Crippen molar-refractivity contribution in [2.75, 3.05) is 13.1 Å². The molecule has 0 radical (unpaired) electrons. The maximum Gasteiger partial charge on any atom is 0.416 e. The second kappa shape index (κ2) is 5.13. The predicted molar refractivity (Wildman–Crippen MR) is 74.2 cm³/mol. The third-order valence-corrected chi connectivity index (χ3v) is 3.60. The highest BCUT2D eigenvalue weighted by atomic mass is 19.4. The standard InChI is InChI=1S/C14H13F3N4O/c15-14(16,17)9-3-1-2-8(6-9)11-4-5-19-13-10(12(18)22)7-20-21(11)13/h1-4,6,10,20H,5,7H2,(H2,18,22). The quantitative estimate of drug-likeness (QED) is 0.867. The minimum absolute atomic E-state index is 0.282. The molecule has 0 bridgehead atoms. The van der Waals surface area contributed by atoms with Crippen LogP contribution >= 0.6 is 0 Å². The Kier molecular flexibility index (Phi) is 3.40. The van der Waals surface area contributed by atoms with E-state index < -0.39 is 23.6 Å². The van der Waals surface area contributed by atoms with E-state index in [-0.39, 0.29) is 6.54 Å². The Morgan fingerprint density at radius 1 is 1.41 bits per heavy atom. The van der Waals surface area contributed by atoms with Gasteiger partial charge in [0, 0.05) is 12.1 Å². The van der Waals surface area contributed by atoms with Gasteiger partial charge in [0.15, 0.2) is 0 Å². The van der Waals surface area contributed by atoms with E-state index in [1.807, 2.05) is 0 Å². The number of aliphatic imine (C=N–C) groups is 1.